The molecule has 3 rings (SSSR count). The van der Waals surface area contributed by atoms with Crippen molar-refractivity contribution in [2.24, 2.45) is 0 Å². The fourth-order valence-corrected chi connectivity index (χ4v) is 4.82. The molecule has 0 unspecified atom stereocenters. The molecule has 0 aromatic heterocycles. The highest BCUT2D eigenvalue weighted by molar-refractivity contribution is 7.92. The van der Waals surface area contributed by atoms with Gasteiger partial charge >= 0.3 is 0 Å². The largest absolute Gasteiger partial charge is 0.377 e. The second-order valence-electron chi connectivity index (χ2n) is 6.33. The van der Waals surface area contributed by atoms with Gasteiger partial charge in [0.15, 0.2) is 9.84 Å². The molecule has 6 heteroatoms. The first kappa shape index (κ1) is 16.5. The SMILES string of the molecule is C[C@H](C(=O)N1CCCc2ccccc21)S(=O)(=O)C[C@@H]1CCCO1. The van der Waals surface area contributed by atoms with E-state index in [4.69, 9.17) is 4.74 Å². The molecule has 0 radical (unpaired) electrons. The quantitative estimate of drug-likeness (QED) is 0.842. The molecule has 2 aliphatic rings. The Bertz CT molecular complexity index is 680. The molecule has 2 heterocycles. The highest BCUT2D eigenvalue weighted by atomic mass is 32.2. The van der Waals surface area contributed by atoms with Crippen LogP contribution in [0.4, 0.5) is 5.69 Å². The number of rotatable bonds is 4. The van der Waals surface area contributed by atoms with Gasteiger partial charge in [0.05, 0.1) is 11.9 Å². The summed E-state index contributed by atoms with van der Waals surface area (Å²) in [6, 6.07) is 7.73. The van der Waals surface area contributed by atoms with Crippen LogP contribution in [0.1, 0.15) is 31.7 Å². The summed E-state index contributed by atoms with van der Waals surface area (Å²) >= 11 is 0. The van der Waals surface area contributed by atoms with Crippen molar-refractivity contribution in [1.29, 1.82) is 0 Å². The minimum absolute atomic E-state index is 0.0601. The molecule has 1 aromatic carbocycles. The third-order valence-electron chi connectivity index (χ3n) is 4.70. The summed E-state index contributed by atoms with van der Waals surface area (Å²) in [4.78, 5) is 14.4. The maximum Gasteiger partial charge on any atom is 0.245 e. The van der Waals surface area contributed by atoms with Crippen molar-refractivity contribution in [3.8, 4) is 0 Å². The first-order valence-corrected chi connectivity index (χ1v) is 9.93. The fourth-order valence-electron chi connectivity index (χ4n) is 3.31. The van der Waals surface area contributed by atoms with E-state index in [9.17, 15) is 13.2 Å². The fraction of sp³-hybridized carbons (Fsp3) is 0.588. The summed E-state index contributed by atoms with van der Waals surface area (Å²) in [6.45, 7) is 2.70. The van der Waals surface area contributed by atoms with Crippen molar-refractivity contribution < 1.29 is 17.9 Å². The second kappa shape index (κ2) is 6.61. The van der Waals surface area contributed by atoms with Gasteiger partial charge in [0.1, 0.15) is 5.25 Å². The molecule has 0 N–H and O–H groups in total. The van der Waals surface area contributed by atoms with Crippen LogP contribution in [0.25, 0.3) is 0 Å². The van der Waals surface area contributed by atoms with Gasteiger partial charge in [-0.2, -0.15) is 0 Å². The molecule has 1 aromatic rings. The van der Waals surface area contributed by atoms with E-state index in [1.807, 2.05) is 24.3 Å². The Balaban J connectivity index is 1.77. The maximum absolute atomic E-state index is 12.8. The van der Waals surface area contributed by atoms with E-state index in [0.29, 0.717) is 13.2 Å². The highest BCUT2D eigenvalue weighted by Crippen LogP contribution is 2.28. The van der Waals surface area contributed by atoms with Crippen LogP contribution in [0.3, 0.4) is 0 Å². The number of benzene rings is 1. The van der Waals surface area contributed by atoms with Crippen molar-refractivity contribution in [2.75, 3.05) is 23.8 Å². The Morgan fingerprint density at radius 1 is 1.35 bits per heavy atom. The summed E-state index contributed by atoms with van der Waals surface area (Å²) in [5, 5.41) is -1.03. The van der Waals surface area contributed by atoms with Crippen molar-refractivity contribution >= 4 is 21.4 Å². The number of carbonyl (C=O) groups excluding carboxylic acids is 1. The van der Waals surface area contributed by atoms with Gasteiger partial charge in [-0.3, -0.25) is 4.79 Å². The van der Waals surface area contributed by atoms with Crippen LogP contribution in [-0.4, -0.2) is 44.6 Å². The Morgan fingerprint density at radius 3 is 2.87 bits per heavy atom. The Kier molecular flexibility index (Phi) is 4.73. The maximum atomic E-state index is 12.8. The first-order valence-electron chi connectivity index (χ1n) is 8.21. The minimum Gasteiger partial charge on any atom is -0.377 e. The van der Waals surface area contributed by atoms with Crippen LogP contribution in [0.5, 0.6) is 0 Å². The molecule has 5 nitrogen and oxygen atoms in total. The average molecular weight is 337 g/mol. The number of carbonyl (C=O) groups is 1. The highest BCUT2D eigenvalue weighted by Gasteiger charge is 2.36. The van der Waals surface area contributed by atoms with Crippen molar-refractivity contribution in [3.05, 3.63) is 29.8 Å². The standard InChI is InChI=1S/C17H23NO4S/c1-13(23(20,21)12-15-8-5-11-22-15)17(19)18-10-4-7-14-6-2-3-9-16(14)18/h2-3,6,9,13,15H,4-5,7-8,10-12H2,1H3/t13-,15+/m1/s1. The van der Waals surface area contributed by atoms with E-state index in [1.165, 1.54) is 6.92 Å². The smallest absolute Gasteiger partial charge is 0.245 e. The first-order chi connectivity index (χ1) is 11.0. The van der Waals surface area contributed by atoms with Gasteiger partial charge in [-0.15, -0.1) is 0 Å². The predicted molar refractivity (Wildman–Crippen MR) is 89.3 cm³/mol. The lowest BCUT2D eigenvalue weighted by atomic mass is 10.0. The topological polar surface area (TPSA) is 63.7 Å². The summed E-state index contributed by atoms with van der Waals surface area (Å²) in [5.74, 6) is -0.384. The molecule has 0 aliphatic carbocycles. The van der Waals surface area contributed by atoms with E-state index >= 15 is 0 Å². The molecule has 0 spiro atoms. The van der Waals surface area contributed by atoms with E-state index in [0.717, 1.165) is 36.9 Å². The summed E-state index contributed by atoms with van der Waals surface area (Å²) in [6.07, 6.45) is 3.18. The number of ether oxygens (including phenoxy) is 1. The van der Waals surface area contributed by atoms with Crippen molar-refractivity contribution in [1.82, 2.24) is 0 Å². The number of nitrogens with zero attached hydrogens (tertiary/aromatic N) is 1. The van der Waals surface area contributed by atoms with Crippen LogP contribution in [0.15, 0.2) is 24.3 Å². The van der Waals surface area contributed by atoms with Gasteiger partial charge in [0.25, 0.3) is 0 Å². The van der Waals surface area contributed by atoms with Gasteiger partial charge in [-0.05, 0) is 44.2 Å². The average Bonchev–Trinajstić information content (AvgIpc) is 3.05. The molecule has 1 amide bonds. The summed E-state index contributed by atoms with van der Waals surface area (Å²) in [5.41, 5.74) is 1.96. The molecule has 2 aliphatic heterocycles. The van der Waals surface area contributed by atoms with E-state index in [-0.39, 0.29) is 17.8 Å². The van der Waals surface area contributed by atoms with Gasteiger partial charge in [0.2, 0.25) is 5.91 Å². The third-order valence-corrected chi connectivity index (χ3v) is 6.82. The lowest BCUT2D eigenvalue weighted by Gasteiger charge is -2.31. The normalized spacial score (nSPS) is 22.7. The summed E-state index contributed by atoms with van der Waals surface area (Å²) < 4.78 is 30.5. The Labute approximate surface area is 137 Å². The zero-order chi connectivity index (χ0) is 16.4. The van der Waals surface area contributed by atoms with Crippen LogP contribution >= 0.6 is 0 Å². The Morgan fingerprint density at radius 2 is 2.13 bits per heavy atom. The molecule has 1 fully saturated rings. The number of hydrogen-bond acceptors (Lipinski definition) is 4. The number of sulfone groups is 1. The van der Waals surface area contributed by atoms with Gasteiger partial charge in [-0.25, -0.2) is 8.42 Å². The van der Waals surface area contributed by atoms with Gasteiger partial charge < -0.3 is 9.64 Å². The zero-order valence-electron chi connectivity index (χ0n) is 13.4. The lowest BCUT2D eigenvalue weighted by Crippen LogP contribution is -2.45. The van der Waals surface area contributed by atoms with E-state index in [2.05, 4.69) is 0 Å². The zero-order valence-corrected chi connectivity index (χ0v) is 14.2. The number of aryl methyl sites for hydroxylation is 1. The number of amides is 1. The molecule has 0 bridgehead atoms. The molecular formula is C17H23NO4S. The summed E-state index contributed by atoms with van der Waals surface area (Å²) in [7, 11) is -3.51. The molecule has 2 atom stereocenters. The van der Waals surface area contributed by atoms with Crippen LogP contribution < -0.4 is 4.90 Å². The van der Waals surface area contributed by atoms with E-state index in [1.54, 1.807) is 4.90 Å². The monoisotopic (exact) mass is 337 g/mol. The number of anilines is 1. The van der Waals surface area contributed by atoms with Crippen LogP contribution in [0, 0.1) is 0 Å². The Hall–Kier alpha value is -1.40. The molecule has 126 valence electrons. The van der Waals surface area contributed by atoms with Crippen LogP contribution in [0.2, 0.25) is 0 Å². The molecular weight excluding hydrogens is 314 g/mol. The van der Waals surface area contributed by atoms with E-state index < -0.39 is 15.1 Å². The molecule has 0 saturated carbocycles. The predicted octanol–water partition coefficient (Wildman–Crippen LogP) is 1.95. The third kappa shape index (κ3) is 3.43. The number of hydrogen-bond donors (Lipinski definition) is 0. The lowest BCUT2D eigenvalue weighted by molar-refractivity contribution is -0.118. The van der Waals surface area contributed by atoms with Crippen LogP contribution in [-0.2, 0) is 25.8 Å². The number of para-hydroxylation sites is 1. The van der Waals surface area contributed by atoms with Crippen molar-refractivity contribution in [3.63, 3.8) is 0 Å². The molecule has 1 saturated heterocycles. The van der Waals surface area contributed by atoms with Crippen molar-refractivity contribution in [2.45, 2.75) is 44.0 Å². The second-order valence-corrected chi connectivity index (χ2v) is 8.70. The minimum atomic E-state index is -3.51. The number of fused-ring (bicyclic) bond motifs is 1. The molecule has 23 heavy (non-hydrogen) atoms. The van der Waals surface area contributed by atoms with Gasteiger partial charge in [0, 0.05) is 18.8 Å². The van der Waals surface area contributed by atoms with Gasteiger partial charge in [-0.1, -0.05) is 18.2 Å².